The molecule has 0 aliphatic rings. The van der Waals surface area contributed by atoms with Gasteiger partial charge in [0.1, 0.15) is 0 Å². The van der Waals surface area contributed by atoms with Crippen LogP contribution in [-0.4, -0.2) is 35.1 Å². The van der Waals surface area contributed by atoms with Crippen molar-refractivity contribution in [1.29, 1.82) is 0 Å². The summed E-state index contributed by atoms with van der Waals surface area (Å²) >= 11 is 5.93. The van der Waals surface area contributed by atoms with E-state index < -0.39 is 11.9 Å². The van der Waals surface area contributed by atoms with Crippen molar-refractivity contribution in [3.63, 3.8) is 0 Å². The van der Waals surface area contributed by atoms with E-state index >= 15 is 0 Å². The van der Waals surface area contributed by atoms with Crippen LogP contribution >= 0.6 is 11.6 Å². The molecule has 0 heterocycles. The Hall–Kier alpha value is -1.75. The highest BCUT2D eigenvalue weighted by molar-refractivity contribution is 6.30. The highest BCUT2D eigenvalue weighted by Gasteiger charge is 2.20. The van der Waals surface area contributed by atoms with E-state index in [4.69, 9.17) is 16.7 Å². The molecule has 0 aliphatic heterocycles. The van der Waals surface area contributed by atoms with Gasteiger partial charge >= 0.3 is 12.0 Å². The summed E-state index contributed by atoms with van der Waals surface area (Å²) in [6.45, 7) is 5.89. The molecule has 5 nitrogen and oxygen atoms in total. The van der Waals surface area contributed by atoms with E-state index in [0.29, 0.717) is 11.6 Å². The van der Waals surface area contributed by atoms with Crippen LogP contribution in [0.25, 0.3) is 0 Å². The van der Waals surface area contributed by atoms with Crippen LogP contribution in [0.1, 0.15) is 32.4 Å². The average Bonchev–Trinajstić information content (AvgIpc) is 2.43. The lowest BCUT2D eigenvalue weighted by atomic mass is 10.1. The van der Waals surface area contributed by atoms with Gasteiger partial charge in [-0.15, -0.1) is 0 Å². The van der Waals surface area contributed by atoms with Gasteiger partial charge in [-0.05, 0) is 31.5 Å². The van der Waals surface area contributed by atoms with Crippen molar-refractivity contribution in [1.82, 2.24) is 10.2 Å². The van der Waals surface area contributed by atoms with E-state index in [0.717, 1.165) is 5.56 Å². The van der Waals surface area contributed by atoms with Crippen molar-refractivity contribution >= 4 is 23.6 Å². The summed E-state index contributed by atoms with van der Waals surface area (Å²) in [6.07, 6.45) is 0. The first kappa shape index (κ1) is 17.3. The van der Waals surface area contributed by atoms with Gasteiger partial charge < -0.3 is 15.3 Å². The molecular weight excluding hydrogens is 292 g/mol. The zero-order valence-corrected chi connectivity index (χ0v) is 13.2. The molecule has 0 saturated heterocycles. The fraction of sp³-hybridized carbons (Fsp3) is 0.467. The number of carbonyl (C=O) groups excluding carboxylic acids is 1. The summed E-state index contributed by atoms with van der Waals surface area (Å²) in [5, 5.41) is 12.4. The monoisotopic (exact) mass is 312 g/mol. The molecule has 0 aromatic heterocycles. The molecule has 1 rings (SSSR count). The third-order valence-corrected chi connectivity index (χ3v) is 3.51. The minimum Gasteiger partial charge on any atom is -0.481 e. The summed E-state index contributed by atoms with van der Waals surface area (Å²) in [6, 6.07) is 6.79. The number of carboxylic acid groups (broad SMARTS) is 1. The van der Waals surface area contributed by atoms with Crippen molar-refractivity contribution in [3.8, 4) is 0 Å². The van der Waals surface area contributed by atoms with Crippen LogP contribution in [0.2, 0.25) is 5.02 Å². The van der Waals surface area contributed by atoms with Crippen molar-refractivity contribution in [2.45, 2.75) is 26.8 Å². The number of hydrogen-bond donors (Lipinski definition) is 2. The van der Waals surface area contributed by atoms with Gasteiger partial charge in [-0.2, -0.15) is 0 Å². The number of hydrogen-bond acceptors (Lipinski definition) is 2. The molecule has 1 aromatic rings. The highest BCUT2D eigenvalue weighted by Crippen LogP contribution is 2.17. The topological polar surface area (TPSA) is 69.6 Å². The van der Waals surface area contributed by atoms with Crippen molar-refractivity contribution in [2.75, 3.05) is 13.1 Å². The SMILES string of the molecule is CCN(CC(C)C(=O)O)C(=O)NC(C)c1cccc(Cl)c1. The normalized spacial score (nSPS) is 13.3. The van der Waals surface area contributed by atoms with Crippen LogP contribution < -0.4 is 5.32 Å². The smallest absolute Gasteiger partial charge is 0.317 e. The van der Waals surface area contributed by atoms with Crippen LogP contribution in [0.5, 0.6) is 0 Å². The molecule has 0 radical (unpaired) electrons. The van der Waals surface area contributed by atoms with Gasteiger partial charge in [0, 0.05) is 18.1 Å². The first-order valence-electron chi connectivity index (χ1n) is 6.88. The second kappa shape index (κ2) is 7.88. The number of benzene rings is 1. The first-order chi connectivity index (χ1) is 9.85. The molecule has 116 valence electrons. The standard InChI is InChI=1S/C15H21ClN2O3/c1-4-18(9-10(2)14(19)20)15(21)17-11(3)12-6-5-7-13(16)8-12/h5-8,10-11H,4,9H2,1-3H3,(H,17,21)(H,19,20). The summed E-state index contributed by atoms with van der Waals surface area (Å²) in [4.78, 5) is 24.6. The van der Waals surface area contributed by atoms with Crippen LogP contribution in [0.4, 0.5) is 4.79 Å². The molecule has 2 unspecified atom stereocenters. The number of aliphatic carboxylic acids is 1. The van der Waals surface area contributed by atoms with Crippen molar-refractivity contribution in [3.05, 3.63) is 34.9 Å². The molecule has 1 aromatic carbocycles. The number of amides is 2. The maximum Gasteiger partial charge on any atom is 0.317 e. The van der Waals surface area contributed by atoms with Gasteiger partial charge in [0.05, 0.1) is 12.0 Å². The van der Waals surface area contributed by atoms with E-state index in [1.165, 1.54) is 4.90 Å². The lowest BCUT2D eigenvalue weighted by Gasteiger charge is -2.25. The Morgan fingerprint density at radius 2 is 2.05 bits per heavy atom. The number of nitrogens with zero attached hydrogens (tertiary/aromatic N) is 1. The molecule has 21 heavy (non-hydrogen) atoms. The summed E-state index contributed by atoms with van der Waals surface area (Å²) < 4.78 is 0. The summed E-state index contributed by atoms with van der Waals surface area (Å²) in [5.74, 6) is -1.51. The van der Waals surface area contributed by atoms with Gasteiger partial charge in [0.15, 0.2) is 0 Å². The van der Waals surface area contributed by atoms with Crippen LogP contribution in [0.15, 0.2) is 24.3 Å². The molecular formula is C15H21ClN2O3. The van der Waals surface area contributed by atoms with E-state index in [2.05, 4.69) is 5.32 Å². The number of urea groups is 1. The Labute approximate surface area is 129 Å². The van der Waals surface area contributed by atoms with Gasteiger partial charge in [0.25, 0.3) is 0 Å². The lowest BCUT2D eigenvalue weighted by molar-refractivity contribution is -0.141. The van der Waals surface area contributed by atoms with Crippen LogP contribution in [0.3, 0.4) is 0 Å². The van der Waals surface area contributed by atoms with Gasteiger partial charge in [0.2, 0.25) is 0 Å². The zero-order chi connectivity index (χ0) is 16.0. The fourth-order valence-corrected chi connectivity index (χ4v) is 2.10. The van der Waals surface area contributed by atoms with E-state index in [9.17, 15) is 9.59 Å². The fourth-order valence-electron chi connectivity index (χ4n) is 1.90. The maximum atomic E-state index is 12.2. The Balaban J connectivity index is 2.67. The second-order valence-electron chi connectivity index (χ2n) is 5.00. The minimum atomic E-state index is -0.913. The molecule has 0 aliphatic carbocycles. The van der Waals surface area contributed by atoms with Gasteiger partial charge in [-0.25, -0.2) is 4.79 Å². The zero-order valence-electron chi connectivity index (χ0n) is 12.5. The Kier molecular flexibility index (Phi) is 6.49. The van der Waals surface area contributed by atoms with E-state index in [1.807, 2.05) is 26.0 Å². The number of carbonyl (C=O) groups is 2. The number of nitrogens with one attached hydrogen (secondary N) is 1. The predicted octanol–water partition coefficient (Wildman–Crippen LogP) is 3.15. The van der Waals surface area contributed by atoms with Gasteiger partial charge in [-0.3, -0.25) is 4.79 Å². The number of halogens is 1. The Morgan fingerprint density at radius 1 is 1.38 bits per heavy atom. The molecule has 0 spiro atoms. The number of rotatable bonds is 6. The molecule has 2 N–H and O–H groups in total. The van der Waals surface area contributed by atoms with Crippen molar-refractivity contribution < 1.29 is 14.7 Å². The predicted molar refractivity (Wildman–Crippen MR) is 82.4 cm³/mol. The third kappa shape index (κ3) is 5.27. The Bertz CT molecular complexity index is 507. The molecule has 0 fully saturated rings. The molecule has 2 amide bonds. The molecule has 0 saturated carbocycles. The van der Waals surface area contributed by atoms with Crippen LogP contribution in [0, 0.1) is 5.92 Å². The molecule has 6 heteroatoms. The van der Waals surface area contributed by atoms with Gasteiger partial charge in [-0.1, -0.05) is 30.7 Å². The van der Waals surface area contributed by atoms with Crippen LogP contribution in [-0.2, 0) is 4.79 Å². The quantitative estimate of drug-likeness (QED) is 0.847. The lowest BCUT2D eigenvalue weighted by Crippen LogP contribution is -2.44. The van der Waals surface area contributed by atoms with E-state index in [-0.39, 0.29) is 18.6 Å². The summed E-state index contributed by atoms with van der Waals surface area (Å²) in [5.41, 5.74) is 0.901. The first-order valence-corrected chi connectivity index (χ1v) is 7.26. The minimum absolute atomic E-state index is 0.180. The highest BCUT2D eigenvalue weighted by atomic mass is 35.5. The largest absolute Gasteiger partial charge is 0.481 e. The summed E-state index contributed by atoms with van der Waals surface area (Å²) in [7, 11) is 0. The second-order valence-corrected chi connectivity index (χ2v) is 5.44. The van der Waals surface area contributed by atoms with E-state index in [1.54, 1.807) is 19.1 Å². The Morgan fingerprint density at radius 3 is 2.57 bits per heavy atom. The third-order valence-electron chi connectivity index (χ3n) is 3.27. The number of carboxylic acids is 1. The maximum absolute atomic E-state index is 12.2. The molecule has 0 bridgehead atoms. The average molecular weight is 313 g/mol. The van der Waals surface area contributed by atoms with Crippen molar-refractivity contribution in [2.24, 2.45) is 5.92 Å². The molecule has 2 atom stereocenters.